The van der Waals surface area contributed by atoms with E-state index in [9.17, 15) is 9.59 Å². The van der Waals surface area contributed by atoms with Crippen LogP contribution in [0.2, 0.25) is 0 Å². The monoisotopic (exact) mass is 243 g/mol. The van der Waals surface area contributed by atoms with Crippen LogP contribution in [0.3, 0.4) is 0 Å². The highest BCUT2D eigenvalue weighted by Gasteiger charge is 2.20. The summed E-state index contributed by atoms with van der Waals surface area (Å²) in [6.07, 6.45) is 1.78. The van der Waals surface area contributed by atoms with Crippen molar-refractivity contribution in [2.45, 2.75) is 40.5 Å². The molecule has 0 spiro atoms. The van der Waals surface area contributed by atoms with Crippen molar-refractivity contribution in [2.75, 3.05) is 13.1 Å². The molecule has 0 rings (SSSR count). The van der Waals surface area contributed by atoms with Gasteiger partial charge in [-0.3, -0.25) is 15.0 Å². The molecule has 0 aliphatic rings. The summed E-state index contributed by atoms with van der Waals surface area (Å²) >= 11 is 0. The quantitative estimate of drug-likeness (QED) is 0.315. The van der Waals surface area contributed by atoms with E-state index in [1.54, 1.807) is 4.90 Å². The number of hydrazine groups is 1. The minimum absolute atomic E-state index is 0.505. The smallest absolute Gasteiger partial charge is 0.323 e. The van der Waals surface area contributed by atoms with Crippen molar-refractivity contribution >= 4 is 11.8 Å². The molecule has 0 bridgehead atoms. The van der Waals surface area contributed by atoms with Crippen LogP contribution in [-0.4, -0.2) is 29.8 Å². The van der Waals surface area contributed by atoms with Gasteiger partial charge in [-0.1, -0.05) is 27.7 Å². The molecule has 0 saturated carbocycles. The Morgan fingerprint density at radius 2 is 1.47 bits per heavy atom. The third-order valence-electron chi connectivity index (χ3n) is 2.57. The molecule has 2 amide bonds. The Balaban J connectivity index is 4.38. The van der Waals surface area contributed by atoms with Crippen LogP contribution in [0.1, 0.15) is 40.5 Å². The van der Waals surface area contributed by atoms with Crippen LogP contribution in [0.25, 0.3) is 0 Å². The van der Waals surface area contributed by atoms with Gasteiger partial charge in [-0.15, -0.1) is 0 Å². The lowest BCUT2D eigenvalue weighted by Crippen LogP contribution is -2.46. The first-order valence-corrected chi connectivity index (χ1v) is 6.18. The Kier molecular flexibility index (Phi) is 7.54. The first-order valence-electron chi connectivity index (χ1n) is 6.18. The van der Waals surface area contributed by atoms with Crippen molar-refractivity contribution in [1.82, 2.24) is 10.3 Å². The zero-order valence-electron chi connectivity index (χ0n) is 11.3. The largest absolute Gasteiger partial charge is 0.334 e. The zero-order valence-corrected chi connectivity index (χ0v) is 11.3. The number of hydrogen-bond donors (Lipinski definition) is 2. The topological polar surface area (TPSA) is 75.4 Å². The van der Waals surface area contributed by atoms with Gasteiger partial charge in [-0.25, -0.2) is 5.84 Å². The molecule has 0 radical (unpaired) electrons. The molecule has 0 fully saturated rings. The Labute approximate surface area is 104 Å². The van der Waals surface area contributed by atoms with Crippen molar-refractivity contribution in [3.05, 3.63) is 0 Å². The second kappa shape index (κ2) is 8.06. The lowest BCUT2D eigenvalue weighted by Gasteiger charge is -2.23. The predicted molar refractivity (Wildman–Crippen MR) is 67.8 cm³/mol. The van der Waals surface area contributed by atoms with E-state index in [0.29, 0.717) is 24.9 Å². The molecular weight excluding hydrogens is 218 g/mol. The molecule has 100 valence electrons. The van der Waals surface area contributed by atoms with Crippen molar-refractivity contribution < 1.29 is 9.59 Å². The number of hydrogen-bond acceptors (Lipinski definition) is 3. The second-order valence-electron chi connectivity index (χ2n) is 5.13. The molecular formula is C12H25N3O2. The van der Waals surface area contributed by atoms with Gasteiger partial charge in [0.2, 0.25) is 0 Å². The van der Waals surface area contributed by atoms with Gasteiger partial charge < -0.3 is 4.90 Å². The average Bonchev–Trinajstić information content (AvgIpc) is 2.26. The molecule has 0 aliphatic carbocycles. The van der Waals surface area contributed by atoms with E-state index < -0.39 is 11.8 Å². The fourth-order valence-corrected chi connectivity index (χ4v) is 1.35. The lowest BCUT2D eigenvalue weighted by molar-refractivity contribution is -0.146. The number of rotatable bonds is 6. The summed E-state index contributed by atoms with van der Waals surface area (Å²) in [6.45, 7) is 9.58. The van der Waals surface area contributed by atoms with Crippen LogP contribution in [0.5, 0.6) is 0 Å². The molecule has 0 unspecified atom stereocenters. The summed E-state index contributed by atoms with van der Waals surface area (Å²) < 4.78 is 0. The molecule has 17 heavy (non-hydrogen) atoms. The van der Waals surface area contributed by atoms with E-state index in [0.717, 1.165) is 12.8 Å². The molecule has 3 N–H and O–H groups in total. The molecule has 0 aromatic heterocycles. The van der Waals surface area contributed by atoms with Crippen molar-refractivity contribution in [1.29, 1.82) is 0 Å². The number of nitrogens with two attached hydrogens (primary N) is 1. The number of carbonyl (C=O) groups is 2. The molecule has 0 atom stereocenters. The maximum Gasteiger partial charge on any atom is 0.323 e. The van der Waals surface area contributed by atoms with Crippen LogP contribution < -0.4 is 11.3 Å². The maximum absolute atomic E-state index is 11.7. The normalized spacial score (nSPS) is 10.8. The van der Waals surface area contributed by atoms with Gasteiger partial charge in [0.25, 0.3) is 0 Å². The third kappa shape index (κ3) is 6.94. The Bertz CT molecular complexity index is 240. The highest BCUT2D eigenvalue weighted by molar-refractivity contribution is 6.34. The van der Waals surface area contributed by atoms with E-state index in [4.69, 9.17) is 5.84 Å². The van der Waals surface area contributed by atoms with E-state index in [1.807, 2.05) is 5.43 Å². The molecule has 0 aromatic carbocycles. The molecule has 5 heteroatoms. The molecule has 0 aromatic rings. The van der Waals surface area contributed by atoms with Gasteiger partial charge in [0.15, 0.2) is 0 Å². The standard InChI is InChI=1S/C12H25N3O2/c1-9(2)5-7-15(8-6-10(3)4)12(17)11(16)14-13/h9-10H,5-8,13H2,1-4H3,(H,14,16). The first kappa shape index (κ1) is 15.9. The first-order chi connectivity index (χ1) is 7.88. The van der Waals surface area contributed by atoms with Crippen LogP contribution in [0.4, 0.5) is 0 Å². The summed E-state index contributed by atoms with van der Waals surface area (Å²) in [5, 5.41) is 0. The number of nitrogens with one attached hydrogen (secondary N) is 1. The second-order valence-corrected chi connectivity index (χ2v) is 5.13. The van der Waals surface area contributed by atoms with Gasteiger partial charge in [0.05, 0.1) is 0 Å². The van der Waals surface area contributed by atoms with E-state index in [2.05, 4.69) is 27.7 Å². The Morgan fingerprint density at radius 1 is 1.06 bits per heavy atom. The van der Waals surface area contributed by atoms with E-state index in [-0.39, 0.29) is 0 Å². The summed E-state index contributed by atoms with van der Waals surface area (Å²) in [5.74, 6) is 4.71. The highest BCUT2D eigenvalue weighted by atomic mass is 16.2. The van der Waals surface area contributed by atoms with Crippen molar-refractivity contribution in [3.63, 3.8) is 0 Å². The van der Waals surface area contributed by atoms with Crippen LogP contribution in [-0.2, 0) is 9.59 Å². The van der Waals surface area contributed by atoms with Gasteiger partial charge in [0.1, 0.15) is 0 Å². The predicted octanol–water partition coefficient (Wildman–Crippen LogP) is 0.897. The molecule has 5 nitrogen and oxygen atoms in total. The van der Waals surface area contributed by atoms with Gasteiger partial charge >= 0.3 is 11.8 Å². The molecule has 0 aliphatic heterocycles. The summed E-state index contributed by atoms with van der Waals surface area (Å²) in [7, 11) is 0. The van der Waals surface area contributed by atoms with Crippen molar-refractivity contribution in [2.24, 2.45) is 17.7 Å². The SMILES string of the molecule is CC(C)CCN(CCC(C)C)C(=O)C(=O)NN. The van der Waals surface area contributed by atoms with Crippen LogP contribution >= 0.6 is 0 Å². The fourth-order valence-electron chi connectivity index (χ4n) is 1.35. The zero-order chi connectivity index (χ0) is 13.4. The number of carbonyl (C=O) groups excluding carboxylic acids is 2. The lowest BCUT2D eigenvalue weighted by atomic mass is 10.1. The summed E-state index contributed by atoms with van der Waals surface area (Å²) in [4.78, 5) is 24.5. The minimum atomic E-state index is -0.738. The Hall–Kier alpha value is -1.10. The number of amides is 2. The third-order valence-corrected chi connectivity index (χ3v) is 2.57. The van der Waals surface area contributed by atoms with E-state index >= 15 is 0 Å². The van der Waals surface area contributed by atoms with E-state index in [1.165, 1.54) is 0 Å². The summed E-state index contributed by atoms with van der Waals surface area (Å²) in [6, 6.07) is 0. The van der Waals surface area contributed by atoms with Gasteiger partial charge in [0, 0.05) is 13.1 Å². The molecule has 0 heterocycles. The van der Waals surface area contributed by atoms with Gasteiger partial charge in [-0.2, -0.15) is 0 Å². The Morgan fingerprint density at radius 3 is 1.76 bits per heavy atom. The van der Waals surface area contributed by atoms with Crippen molar-refractivity contribution in [3.8, 4) is 0 Å². The minimum Gasteiger partial charge on any atom is -0.334 e. The van der Waals surface area contributed by atoms with Crippen LogP contribution in [0.15, 0.2) is 0 Å². The molecule has 0 saturated heterocycles. The fraction of sp³-hybridized carbons (Fsp3) is 0.833. The highest BCUT2D eigenvalue weighted by Crippen LogP contribution is 2.06. The van der Waals surface area contributed by atoms with Gasteiger partial charge in [-0.05, 0) is 24.7 Å². The average molecular weight is 243 g/mol. The maximum atomic E-state index is 11.7. The van der Waals surface area contributed by atoms with Crippen LogP contribution in [0, 0.1) is 11.8 Å². The summed E-state index contributed by atoms with van der Waals surface area (Å²) in [5.41, 5.74) is 1.89. The number of nitrogens with zero attached hydrogens (tertiary/aromatic N) is 1.